The van der Waals surface area contributed by atoms with E-state index in [1.54, 1.807) is 12.1 Å². The van der Waals surface area contributed by atoms with E-state index in [0.29, 0.717) is 12.0 Å². The van der Waals surface area contributed by atoms with Crippen LogP contribution in [0.5, 0.6) is 0 Å². The molecule has 0 radical (unpaired) electrons. The highest BCUT2D eigenvalue weighted by Crippen LogP contribution is 2.26. The van der Waals surface area contributed by atoms with Gasteiger partial charge in [0.15, 0.2) is 0 Å². The molecule has 1 fully saturated rings. The van der Waals surface area contributed by atoms with Gasteiger partial charge in [0, 0.05) is 6.42 Å². The normalized spacial score (nSPS) is 18.7. The molecule has 1 heterocycles. The number of rotatable bonds is 5. The number of β-amino-alcohol motifs (C(OH)–C–C–N with tert-alkyl or cyclic N) is 1. The Balaban J connectivity index is 1.67. The lowest BCUT2D eigenvalue weighted by Crippen LogP contribution is -2.34. The van der Waals surface area contributed by atoms with Gasteiger partial charge in [0.2, 0.25) is 11.8 Å². The molecule has 0 aromatic heterocycles. The van der Waals surface area contributed by atoms with Gasteiger partial charge in [-0.15, -0.1) is 0 Å². The number of carbonyl (C=O) groups excluding carboxylic acids is 2. The second-order valence-electron chi connectivity index (χ2n) is 6.15. The maximum absolute atomic E-state index is 13.2. The first kappa shape index (κ1) is 17.2. The van der Waals surface area contributed by atoms with Gasteiger partial charge in [-0.1, -0.05) is 24.3 Å². The summed E-state index contributed by atoms with van der Waals surface area (Å²) >= 11 is 0. The molecule has 1 saturated heterocycles. The monoisotopic (exact) mass is 345 g/mol. The predicted molar refractivity (Wildman–Crippen MR) is 86.3 cm³/mol. The highest BCUT2D eigenvalue weighted by Gasteiger charge is 2.39. The van der Waals surface area contributed by atoms with E-state index in [0.717, 1.165) is 10.5 Å². The van der Waals surface area contributed by atoms with E-state index < -0.39 is 17.8 Å². The molecule has 1 aliphatic heterocycles. The summed E-state index contributed by atoms with van der Waals surface area (Å²) in [4.78, 5) is 25.6. The fraction of sp³-hybridized carbons (Fsp3) is 0.263. The Morgan fingerprint density at radius 2 is 1.80 bits per heavy atom. The SMILES string of the molecule is O=C1C[C@H](Cc2ccc(F)cc2)C(=O)N1C[C@H](O)c1cccc(F)c1. The maximum Gasteiger partial charge on any atom is 0.233 e. The molecule has 2 aromatic rings. The van der Waals surface area contributed by atoms with Crippen molar-refractivity contribution < 1.29 is 23.5 Å². The van der Waals surface area contributed by atoms with E-state index in [9.17, 15) is 23.5 Å². The third-order valence-corrected chi connectivity index (χ3v) is 4.32. The number of benzene rings is 2. The van der Waals surface area contributed by atoms with Gasteiger partial charge in [-0.3, -0.25) is 14.5 Å². The summed E-state index contributed by atoms with van der Waals surface area (Å²) in [5.74, 6) is -2.13. The largest absolute Gasteiger partial charge is 0.387 e. The minimum absolute atomic E-state index is 0.0477. The Hall–Kier alpha value is -2.60. The molecule has 6 heteroatoms. The number of nitrogens with zero attached hydrogens (tertiary/aromatic N) is 1. The molecular formula is C19H17F2NO3. The second kappa shape index (κ2) is 7.11. The molecule has 1 aliphatic rings. The van der Waals surface area contributed by atoms with Crippen LogP contribution in [0.15, 0.2) is 48.5 Å². The van der Waals surface area contributed by atoms with E-state index in [4.69, 9.17) is 0 Å². The molecule has 0 unspecified atom stereocenters. The van der Waals surface area contributed by atoms with Crippen LogP contribution in [0, 0.1) is 17.6 Å². The lowest BCUT2D eigenvalue weighted by atomic mass is 9.98. The van der Waals surface area contributed by atoms with Crippen LogP contribution in [-0.2, 0) is 16.0 Å². The number of halogens is 2. The van der Waals surface area contributed by atoms with Gasteiger partial charge in [-0.2, -0.15) is 0 Å². The van der Waals surface area contributed by atoms with E-state index in [1.807, 2.05) is 0 Å². The average Bonchev–Trinajstić information content (AvgIpc) is 2.84. The van der Waals surface area contributed by atoms with Crippen molar-refractivity contribution in [3.63, 3.8) is 0 Å². The summed E-state index contributed by atoms with van der Waals surface area (Å²) in [7, 11) is 0. The number of aliphatic hydroxyl groups excluding tert-OH is 1. The Bertz CT molecular complexity index is 792. The third-order valence-electron chi connectivity index (χ3n) is 4.32. The number of aliphatic hydroxyl groups is 1. The number of likely N-dealkylation sites (tertiary alicyclic amines) is 1. The number of amides is 2. The standard InChI is InChI=1S/C19H17F2NO3/c20-15-6-4-12(5-7-15)8-14-10-18(24)22(19(14)25)11-17(23)13-2-1-3-16(21)9-13/h1-7,9,14,17,23H,8,10-11H2/t14-,17-/m0/s1. The maximum atomic E-state index is 13.2. The third kappa shape index (κ3) is 3.91. The van der Waals surface area contributed by atoms with Crippen molar-refractivity contribution in [1.29, 1.82) is 0 Å². The Kier molecular flexibility index (Phi) is 4.90. The lowest BCUT2D eigenvalue weighted by Gasteiger charge is -2.19. The molecule has 1 N–H and O–H groups in total. The Morgan fingerprint density at radius 3 is 2.48 bits per heavy atom. The van der Waals surface area contributed by atoms with E-state index >= 15 is 0 Å². The average molecular weight is 345 g/mol. The Morgan fingerprint density at radius 1 is 1.08 bits per heavy atom. The van der Waals surface area contributed by atoms with Gasteiger partial charge in [0.1, 0.15) is 11.6 Å². The van der Waals surface area contributed by atoms with E-state index in [2.05, 4.69) is 0 Å². The summed E-state index contributed by atoms with van der Waals surface area (Å²) in [6.07, 6.45) is -0.767. The van der Waals surface area contributed by atoms with E-state index in [1.165, 1.54) is 36.4 Å². The minimum atomic E-state index is -1.15. The first-order valence-corrected chi connectivity index (χ1v) is 7.96. The van der Waals surface area contributed by atoms with Crippen molar-refractivity contribution in [2.24, 2.45) is 5.92 Å². The first-order chi connectivity index (χ1) is 11.9. The molecular weight excluding hydrogens is 328 g/mol. The van der Waals surface area contributed by atoms with Gasteiger partial charge < -0.3 is 5.11 Å². The second-order valence-corrected chi connectivity index (χ2v) is 6.15. The predicted octanol–water partition coefficient (Wildman–Crippen LogP) is 2.62. The smallest absolute Gasteiger partial charge is 0.233 e. The summed E-state index contributed by atoms with van der Waals surface area (Å²) in [5.41, 5.74) is 1.07. The first-order valence-electron chi connectivity index (χ1n) is 7.96. The van der Waals surface area contributed by atoms with Crippen LogP contribution >= 0.6 is 0 Å². The van der Waals surface area contributed by atoms with Gasteiger partial charge >= 0.3 is 0 Å². The van der Waals surface area contributed by atoms with Gasteiger partial charge in [-0.25, -0.2) is 8.78 Å². The minimum Gasteiger partial charge on any atom is -0.387 e. The molecule has 0 spiro atoms. The number of hydrogen-bond acceptors (Lipinski definition) is 3. The molecule has 2 aromatic carbocycles. The fourth-order valence-electron chi connectivity index (χ4n) is 3.00. The topological polar surface area (TPSA) is 57.6 Å². The van der Waals surface area contributed by atoms with Crippen LogP contribution in [-0.4, -0.2) is 28.4 Å². The molecule has 0 aliphatic carbocycles. The van der Waals surface area contributed by atoms with Crippen molar-refractivity contribution in [1.82, 2.24) is 4.90 Å². The highest BCUT2D eigenvalue weighted by molar-refractivity contribution is 6.03. The van der Waals surface area contributed by atoms with E-state index in [-0.39, 0.29) is 30.6 Å². The van der Waals surface area contributed by atoms with Crippen LogP contribution in [0.25, 0.3) is 0 Å². The molecule has 2 amide bonds. The molecule has 2 atom stereocenters. The van der Waals surface area contributed by atoms with Gasteiger partial charge in [-0.05, 0) is 41.8 Å². The lowest BCUT2D eigenvalue weighted by molar-refractivity contribution is -0.141. The number of hydrogen-bond donors (Lipinski definition) is 1. The Labute approximate surface area is 143 Å². The molecule has 0 bridgehead atoms. The molecule has 4 nitrogen and oxygen atoms in total. The van der Waals surface area contributed by atoms with Gasteiger partial charge in [0.05, 0.1) is 18.6 Å². The van der Waals surface area contributed by atoms with Crippen LogP contribution in [0.4, 0.5) is 8.78 Å². The zero-order valence-electron chi connectivity index (χ0n) is 13.4. The van der Waals surface area contributed by atoms with Crippen molar-refractivity contribution in [2.45, 2.75) is 18.9 Å². The zero-order valence-corrected chi connectivity index (χ0v) is 13.4. The van der Waals surface area contributed by atoms with Crippen molar-refractivity contribution in [3.05, 3.63) is 71.3 Å². The summed E-state index contributed by atoms with van der Waals surface area (Å²) in [6.45, 7) is -0.207. The molecule has 25 heavy (non-hydrogen) atoms. The molecule has 130 valence electrons. The highest BCUT2D eigenvalue weighted by atomic mass is 19.1. The van der Waals surface area contributed by atoms with Gasteiger partial charge in [0.25, 0.3) is 0 Å². The van der Waals surface area contributed by atoms with Crippen molar-refractivity contribution in [3.8, 4) is 0 Å². The fourth-order valence-corrected chi connectivity index (χ4v) is 3.00. The van der Waals surface area contributed by atoms with Crippen LogP contribution in [0.3, 0.4) is 0 Å². The molecule has 0 saturated carbocycles. The molecule has 3 rings (SSSR count). The summed E-state index contributed by atoms with van der Waals surface area (Å²) in [6, 6.07) is 11.2. The van der Waals surface area contributed by atoms with Crippen molar-refractivity contribution in [2.75, 3.05) is 6.54 Å². The van der Waals surface area contributed by atoms with Crippen molar-refractivity contribution >= 4 is 11.8 Å². The quantitative estimate of drug-likeness (QED) is 0.848. The number of imide groups is 1. The summed E-state index contributed by atoms with van der Waals surface area (Å²) < 4.78 is 26.2. The van der Waals surface area contributed by atoms with Crippen LogP contribution < -0.4 is 0 Å². The van der Waals surface area contributed by atoms with Crippen LogP contribution in [0.2, 0.25) is 0 Å². The van der Waals surface area contributed by atoms with Crippen LogP contribution in [0.1, 0.15) is 23.7 Å². The number of carbonyl (C=O) groups is 2. The summed E-state index contributed by atoms with van der Waals surface area (Å²) in [5, 5.41) is 10.2. The zero-order chi connectivity index (χ0) is 18.0.